The normalized spacial score (nSPS) is 11.7. The van der Waals surface area contributed by atoms with Crippen LogP contribution >= 0.6 is 0 Å². The van der Waals surface area contributed by atoms with Gasteiger partial charge in [-0.15, -0.1) is 0 Å². The number of anilines is 3. The van der Waals surface area contributed by atoms with E-state index in [2.05, 4.69) is 169 Å². The molecule has 12 aromatic rings. The third kappa shape index (κ3) is 5.65. The molecule has 0 aliphatic heterocycles. The Morgan fingerprint density at radius 1 is 0.339 bits per heavy atom. The average Bonchev–Trinajstić information content (AvgIpc) is 3.91. The highest BCUT2D eigenvalue weighted by atomic mass is 16.3. The minimum atomic E-state index is 0.634. The van der Waals surface area contributed by atoms with Crippen molar-refractivity contribution in [1.29, 1.82) is 0 Å². The van der Waals surface area contributed by atoms with Gasteiger partial charge in [0.2, 0.25) is 5.89 Å². The molecule has 0 fully saturated rings. The van der Waals surface area contributed by atoms with Crippen LogP contribution in [-0.2, 0) is 0 Å². The van der Waals surface area contributed by atoms with E-state index >= 15 is 0 Å². The summed E-state index contributed by atoms with van der Waals surface area (Å²) in [4.78, 5) is 7.21. The van der Waals surface area contributed by atoms with Crippen molar-refractivity contribution in [2.45, 2.75) is 0 Å². The summed E-state index contributed by atoms with van der Waals surface area (Å²) in [6, 6.07) is 73.1. The molecule has 59 heavy (non-hydrogen) atoms. The molecule has 0 saturated carbocycles. The van der Waals surface area contributed by atoms with Crippen LogP contribution in [-0.4, -0.2) is 4.98 Å². The second-order valence-corrected chi connectivity index (χ2v) is 15.2. The van der Waals surface area contributed by atoms with E-state index in [9.17, 15) is 0 Å². The summed E-state index contributed by atoms with van der Waals surface area (Å²) >= 11 is 0. The molecule has 2 aromatic heterocycles. The van der Waals surface area contributed by atoms with Crippen molar-refractivity contribution in [3.63, 3.8) is 0 Å². The van der Waals surface area contributed by atoms with Gasteiger partial charge in [0.1, 0.15) is 16.7 Å². The van der Waals surface area contributed by atoms with Gasteiger partial charge in [-0.05, 0) is 134 Å². The number of hydrogen-bond donors (Lipinski definition) is 0. The number of hydrogen-bond acceptors (Lipinski definition) is 4. The van der Waals surface area contributed by atoms with Gasteiger partial charge in [0.15, 0.2) is 5.58 Å². The molecule has 276 valence electrons. The van der Waals surface area contributed by atoms with Crippen molar-refractivity contribution in [2.75, 3.05) is 4.90 Å². The molecule has 0 N–H and O–H groups in total. The smallest absolute Gasteiger partial charge is 0.227 e. The molecule has 0 aliphatic carbocycles. The second kappa shape index (κ2) is 13.3. The van der Waals surface area contributed by atoms with Crippen molar-refractivity contribution >= 4 is 82.4 Å². The third-order valence-corrected chi connectivity index (χ3v) is 11.6. The maximum absolute atomic E-state index is 6.51. The maximum atomic E-state index is 6.51. The maximum Gasteiger partial charge on any atom is 0.227 e. The number of fused-ring (bicyclic) bond motifs is 9. The fourth-order valence-corrected chi connectivity index (χ4v) is 8.71. The predicted molar refractivity (Wildman–Crippen MR) is 245 cm³/mol. The minimum Gasteiger partial charge on any atom is -0.456 e. The monoisotopic (exact) mass is 754 g/mol. The Morgan fingerprint density at radius 2 is 0.932 bits per heavy atom. The van der Waals surface area contributed by atoms with E-state index in [-0.39, 0.29) is 0 Å². The second-order valence-electron chi connectivity index (χ2n) is 15.2. The van der Waals surface area contributed by atoms with Crippen LogP contribution in [0.3, 0.4) is 0 Å². The lowest BCUT2D eigenvalue weighted by Crippen LogP contribution is -2.09. The number of rotatable bonds is 6. The zero-order valence-corrected chi connectivity index (χ0v) is 31.8. The SMILES string of the molecule is c1ccc(-c2nc3ccc4ccc5ccc(-c6ccc7cc(N(c8ccccc8)c8cccc(-c9ccc%10oc%11ccccc%11c%10c9)c8)ccc7c6)cc5c4c3o2)cc1. The van der Waals surface area contributed by atoms with Crippen molar-refractivity contribution in [3.8, 4) is 33.7 Å². The highest BCUT2D eigenvalue weighted by Crippen LogP contribution is 2.41. The van der Waals surface area contributed by atoms with Crippen LogP contribution in [0.1, 0.15) is 0 Å². The highest BCUT2D eigenvalue weighted by Gasteiger charge is 2.17. The molecule has 0 saturated heterocycles. The third-order valence-electron chi connectivity index (χ3n) is 11.6. The topological polar surface area (TPSA) is 42.4 Å². The molecule has 0 radical (unpaired) electrons. The fourth-order valence-electron chi connectivity index (χ4n) is 8.71. The van der Waals surface area contributed by atoms with Crippen LogP contribution in [0, 0.1) is 0 Å². The van der Waals surface area contributed by atoms with Crippen LogP contribution < -0.4 is 4.90 Å². The zero-order chi connectivity index (χ0) is 38.9. The van der Waals surface area contributed by atoms with E-state index in [1.165, 1.54) is 10.8 Å². The molecule has 10 aromatic carbocycles. The Balaban J connectivity index is 0.928. The van der Waals surface area contributed by atoms with Gasteiger partial charge >= 0.3 is 0 Å². The molecule has 2 heterocycles. The van der Waals surface area contributed by atoms with Crippen molar-refractivity contribution < 1.29 is 8.83 Å². The van der Waals surface area contributed by atoms with E-state index in [1.807, 2.05) is 42.5 Å². The van der Waals surface area contributed by atoms with Crippen molar-refractivity contribution in [3.05, 3.63) is 206 Å². The summed E-state index contributed by atoms with van der Waals surface area (Å²) < 4.78 is 12.6. The van der Waals surface area contributed by atoms with Gasteiger partial charge in [-0.2, -0.15) is 0 Å². The van der Waals surface area contributed by atoms with Gasteiger partial charge in [-0.25, -0.2) is 4.98 Å². The molecular weight excluding hydrogens is 721 g/mol. The summed E-state index contributed by atoms with van der Waals surface area (Å²) in [5.41, 5.74) is 12.3. The number of furan rings is 1. The van der Waals surface area contributed by atoms with Crippen LogP contribution in [0.4, 0.5) is 17.1 Å². The van der Waals surface area contributed by atoms with Crippen LogP contribution in [0.15, 0.2) is 215 Å². The molecule has 12 rings (SSSR count). The summed E-state index contributed by atoms with van der Waals surface area (Å²) in [6.07, 6.45) is 0. The number of nitrogens with zero attached hydrogens (tertiary/aromatic N) is 2. The van der Waals surface area contributed by atoms with E-state index in [0.29, 0.717) is 5.89 Å². The number of aromatic nitrogens is 1. The van der Waals surface area contributed by atoms with Gasteiger partial charge < -0.3 is 13.7 Å². The summed E-state index contributed by atoms with van der Waals surface area (Å²) in [7, 11) is 0. The van der Waals surface area contributed by atoms with Crippen molar-refractivity contribution in [2.24, 2.45) is 0 Å². The summed E-state index contributed by atoms with van der Waals surface area (Å²) in [5.74, 6) is 0.634. The van der Waals surface area contributed by atoms with Gasteiger partial charge in [-0.1, -0.05) is 121 Å². The average molecular weight is 755 g/mol. The van der Waals surface area contributed by atoms with E-state index in [0.717, 1.165) is 99.5 Å². The molecule has 0 spiro atoms. The minimum absolute atomic E-state index is 0.634. The Labute approximate surface area is 339 Å². The number of benzene rings is 10. The Kier molecular flexibility index (Phi) is 7.50. The highest BCUT2D eigenvalue weighted by molar-refractivity contribution is 6.18. The molecule has 0 amide bonds. The zero-order valence-electron chi connectivity index (χ0n) is 31.8. The first-order valence-electron chi connectivity index (χ1n) is 19.9. The molecule has 0 unspecified atom stereocenters. The van der Waals surface area contributed by atoms with Crippen LogP contribution in [0.5, 0.6) is 0 Å². The van der Waals surface area contributed by atoms with Gasteiger partial charge in [0, 0.05) is 38.8 Å². The van der Waals surface area contributed by atoms with Gasteiger partial charge in [0.05, 0.1) is 0 Å². The molecule has 4 nitrogen and oxygen atoms in total. The van der Waals surface area contributed by atoms with E-state index in [4.69, 9.17) is 13.8 Å². The van der Waals surface area contributed by atoms with Crippen LogP contribution in [0.25, 0.3) is 99.1 Å². The van der Waals surface area contributed by atoms with Crippen molar-refractivity contribution in [1.82, 2.24) is 4.98 Å². The predicted octanol–water partition coefficient (Wildman–Crippen LogP) is 15.7. The summed E-state index contributed by atoms with van der Waals surface area (Å²) in [6.45, 7) is 0. The first kappa shape index (κ1) is 33.2. The van der Waals surface area contributed by atoms with Crippen LogP contribution in [0.2, 0.25) is 0 Å². The molecule has 4 heteroatoms. The Bertz CT molecular complexity index is 3570. The van der Waals surface area contributed by atoms with Gasteiger partial charge in [0.25, 0.3) is 0 Å². The van der Waals surface area contributed by atoms with E-state index < -0.39 is 0 Å². The molecular formula is C55H34N2O2. The molecule has 0 atom stereocenters. The van der Waals surface area contributed by atoms with E-state index in [1.54, 1.807) is 0 Å². The fraction of sp³-hybridized carbons (Fsp3) is 0. The number of para-hydroxylation sites is 2. The summed E-state index contributed by atoms with van der Waals surface area (Å²) in [5, 5.41) is 9.13. The standard InChI is InChI=1S/C55H34N2O2/c1-3-10-37(11-4-1)55-56-50-28-25-36-20-18-35-19-21-42(33-48(35)53(36)54(50)59-55)39-22-23-41-32-46(27-24-40(41)30-39)57(44-13-5-2-6-14-44)45-15-9-12-38(31-45)43-26-29-52-49(34-43)47-16-7-8-17-51(47)58-52/h1-34H. The molecule has 0 bridgehead atoms. The quantitative estimate of drug-likeness (QED) is 0.159. The molecule has 0 aliphatic rings. The lowest BCUT2D eigenvalue weighted by Gasteiger charge is -2.26. The first-order chi connectivity index (χ1) is 29.2. The Hall–Kier alpha value is -7.95. The lowest BCUT2D eigenvalue weighted by molar-refractivity contribution is 0.623. The first-order valence-corrected chi connectivity index (χ1v) is 19.9. The lowest BCUT2D eigenvalue weighted by atomic mass is 9.95. The Morgan fingerprint density at radius 3 is 1.81 bits per heavy atom. The van der Waals surface area contributed by atoms with Gasteiger partial charge in [-0.3, -0.25) is 0 Å². The largest absolute Gasteiger partial charge is 0.456 e. The number of oxazole rings is 1.